The molecule has 1 amide bonds. The Morgan fingerprint density at radius 1 is 1.41 bits per heavy atom. The Balaban J connectivity index is 1.75. The maximum atomic E-state index is 12.2. The zero-order valence-corrected chi connectivity index (χ0v) is 14.1. The Hall–Kier alpha value is -1.55. The number of quaternary nitrogens is 1. The minimum absolute atomic E-state index is 0.0139. The Labute approximate surface area is 133 Å². The number of hydrogen-bond donors (Lipinski definition) is 2. The second-order valence-corrected chi connectivity index (χ2v) is 6.35. The van der Waals surface area contributed by atoms with Crippen molar-refractivity contribution in [1.82, 2.24) is 5.32 Å². The average molecular weight is 305 g/mol. The van der Waals surface area contributed by atoms with Gasteiger partial charge < -0.3 is 15.0 Å². The van der Waals surface area contributed by atoms with E-state index < -0.39 is 0 Å². The van der Waals surface area contributed by atoms with E-state index in [2.05, 4.69) is 12.2 Å². The van der Waals surface area contributed by atoms with E-state index in [-0.39, 0.29) is 5.91 Å². The first-order valence-electron chi connectivity index (χ1n) is 8.39. The highest BCUT2D eigenvalue weighted by Gasteiger charge is 2.20. The van der Waals surface area contributed by atoms with E-state index in [0.717, 1.165) is 36.9 Å². The van der Waals surface area contributed by atoms with Crippen LogP contribution in [0.1, 0.15) is 48.5 Å². The van der Waals surface area contributed by atoms with Gasteiger partial charge in [0.2, 0.25) is 0 Å². The zero-order valence-electron chi connectivity index (χ0n) is 14.1. The standard InChI is InChI=1S/C18H28N2O2/c1-14-8-9-16(13-17(14)22-3)18(21)19-10-6-12-20-11-5-4-7-15(20)2/h8-9,13,15H,4-7,10-12H2,1-3H3,(H,19,21)/p+1/t15-/m1/s1. The fourth-order valence-corrected chi connectivity index (χ4v) is 3.21. The van der Waals surface area contributed by atoms with Gasteiger partial charge in [0.25, 0.3) is 5.91 Å². The molecule has 2 N–H and O–H groups in total. The molecule has 1 aliphatic rings. The highest BCUT2D eigenvalue weighted by atomic mass is 16.5. The van der Waals surface area contributed by atoms with Crippen molar-refractivity contribution in [3.63, 3.8) is 0 Å². The molecule has 1 fully saturated rings. The van der Waals surface area contributed by atoms with Gasteiger partial charge in [-0.15, -0.1) is 0 Å². The van der Waals surface area contributed by atoms with Gasteiger partial charge in [-0.2, -0.15) is 0 Å². The molecular weight excluding hydrogens is 276 g/mol. The molecule has 22 heavy (non-hydrogen) atoms. The normalized spacial score (nSPS) is 21.4. The van der Waals surface area contributed by atoms with Crippen LogP contribution in [-0.4, -0.2) is 38.7 Å². The molecule has 2 rings (SSSR count). The van der Waals surface area contributed by atoms with Crippen molar-refractivity contribution in [2.24, 2.45) is 0 Å². The summed E-state index contributed by atoms with van der Waals surface area (Å²) in [6.07, 6.45) is 5.09. The lowest BCUT2D eigenvalue weighted by Crippen LogP contribution is -3.16. The molecule has 1 saturated heterocycles. The number of hydrogen-bond acceptors (Lipinski definition) is 2. The van der Waals surface area contributed by atoms with Gasteiger partial charge in [-0.1, -0.05) is 6.07 Å². The molecule has 2 atom stereocenters. The molecule has 1 aromatic rings. The van der Waals surface area contributed by atoms with E-state index in [4.69, 9.17) is 4.74 Å². The van der Waals surface area contributed by atoms with Crippen LogP contribution in [0.5, 0.6) is 5.75 Å². The number of benzene rings is 1. The highest BCUT2D eigenvalue weighted by molar-refractivity contribution is 5.94. The summed E-state index contributed by atoms with van der Waals surface area (Å²) in [6.45, 7) is 7.49. The van der Waals surface area contributed by atoms with E-state index in [1.165, 1.54) is 25.8 Å². The van der Waals surface area contributed by atoms with E-state index >= 15 is 0 Å². The third-order valence-corrected chi connectivity index (χ3v) is 4.71. The predicted octanol–water partition coefficient (Wildman–Crippen LogP) is 1.58. The first kappa shape index (κ1) is 16.8. The maximum absolute atomic E-state index is 12.2. The Kier molecular flexibility index (Phi) is 6.25. The first-order chi connectivity index (χ1) is 10.6. The van der Waals surface area contributed by atoms with Crippen molar-refractivity contribution >= 4 is 5.91 Å². The molecule has 1 aromatic carbocycles. The number of amides is 1. The molecule has 0 radical (unpaired) electrons. The van der Waals surface area contributed by atoms with Gasteiger partial charge in [-0.25, -0.2) is 0 Å². The summed E-state index contributed by atoms with van der Waals surface area (Å²) in [5, 5.41) is 3.02. The first-order valence-corrected chi connectivity index (χ1v) is 8.39. The molecule has 4 nitrogen and oxygen atoms in total. The molecule has 0 aliphatic carbocycles. The van der Waals surface area contributed by atoms with Crippen molar-refractivity contribution in [1.29, 1.82) is 0 Å². The summed E-state index contributed by atoms with van der Waals surface area (Å²) < 4.78 is 5.27. The number of nitrogens with one attached hydrogen (secondary N) is 2. The zero-order chi connectivity index (χ0) is 15.9. The number of rotatable bonds is 6. The van der Waals surface area contributed by atoms with Crippen molar-refractivity contribution in [2.75, 3.05) is 26.7 Å². The Bertz CT molecular complexity index is 502. The molecule has 122 valence electrons. The third kappa shape index (κ3) is 4.47. The van der Waals surface area contributed by atoms with E-state index in [0.29, 0.717) is 5.56 Å². The molecule has 1 unspecified atom stereocenters. The topological polar surface area (TPSA) is 42.8 Å². The maximum Gasteiger partial charge on any atom is 0.251 e. The number of likely N-dealkylation sites (tertiary alicyclic amines) is 1. The van der Waals surface area contributed by atoms with Gasteiger partial charge in [0, 0.05) is 18.5 Å². The molecule has 1 aliphatic heterocycles. The van der Waals surface area contributed by atoms with E-state index in [1.807, 2.05) is 25.1 Å². The molecule has 0 bridgehead atoms. The minimum atomic E-state index is -0.0139. The van der Waals surface area contributed by atoms with Crippen LogP contribution in [0, 0.1) is 6.92 Å². The van der Waals surface area contributed by atoms with Gasteiger partial charge in [-0.05, 0) is 50.8 Å². The molecular formula is C18H29N2O2+. The minimum Gasteiger partial charge on any atom is -0.496 e. The van der Waals surface area contributed by atoms with Crippen molar-refractivity contribution in [2.45, 2.75) is 45.6 Å². The van der Waals surface area contributed by atoms with E-state index in [1.54, 1.807) is 12.0 Å². The third-order valence-electron chi connectivity index (χ3n) is 4.71. The number of methoxy groups -OCH3 is 1. The van der Waals surface area contributed by atoms with Crippen LogP contribution in [-0.2, 0) is 0 Å². The summed E-state index contributed by atoms with van der Waals surface area (Å²) in [7, 11) is 1.63. The Morgan fingerprint density at radius 3 is 2.95 bits per heavy atom. The number of carbonyl (C=O) groups is 1. The van der Waals surface area contributed by atoms with Crippen LogP contribution >= 0.6 is 0 Å². The fraction of sp³-hybridized carbons (Fsp3) is 0.611. The average Bonchev–Trinajstić information content (AvgIpc) is 2.53. The van der Waals surface area contributed by atoms with Crippen LogP contribution in [0.15, 0.2) is 18.2 Å². The fourth-order valence-electron chi connectivity index (χ4n) is 3.21. The number of ether oxygens (including phenoxy) is 1. The highest BCUT2D eigenvalue weighted by Crippen LogP contribution is 2.18. The summed E-state index contributed by atoms with van der Waals surface area (Å²) in [6, 6.07) is 6.35. The monoisotopic (exact) mass is 305 g/mol. The van der Waals surface area contributed by atoms with Crippen LogP contribution in [0.3, 0.4) is 0 Å². The lowest BCUT2D eigenvalue weighted by molar-refractivity contribution is -0.928. The molecule has 0 spiro atoms. The van der Waals surface area contributed by atoms with E-state index in [9.17, 15) is 4.79 Å². The largest absolute Gasteiger partial charge is 0.496 e. The van der Waals surface area contributed by atoms with Crippen molar-refractivity contribution in [3.05, 3.63) is 29.3 Å². The summed E-state index contributed by atoms with van der Waals surface area (Å²) >= 11 is 0. The SMILES string of the molecule is COc1cc(C(=O)NCCC[NH+]2CCCC[C@H]2C)ccc1C. The smallest absolute Gasteiger partial charge is 0.251 e. The van der Waals surface area contributed by atoms with Crippen LogP contribution in [0.25, 0.3) is 0 Å². The molecule has 4 heteroatoms. The molecule has 1 heterocycles. The molecule has 0 aromatic heterocycles. The molecule has 0 saturated carbocycles. The Morgan fingerprint density at radius 2 is 2.23 bits per heavy atom. The van der Waals surface area contributed by atoms with Crippen LogP contribution in [0.4, 0.5) is 0 Å². The van der Waals surface area contributed by atoms with Crippen molar-refractivity contribution in [3.8, 4) is 5.75 Å². The van der Waals surface area contributed by atoms with Gasteiger partial charge in [0.15, 0.2) is 0 Å². The number of aryl methyl sites for hydroxylation is 1. The number of carbonyl (C=O) groups excluding carboxylic acids is 1. The second kappa shape index (κ2) is 8.18. The summed E-state index contributed by atoms with van der Waals surface area (Å²) in [5.41, 5.74) is 1.71. The summed E-state index contributed by atoms with van der Waals surface area (Å²) in [4.78, 5) is 13.9. The van der Waals surface area contributed by atoms with Crippen LogP contribution in [0.2, 0.25) is 0 Å². The van der Waals surface area contributed by atoms with Gasteiger partial charge in [0.1, 0.15) is 5.75 Å². The quantitative estimate of drug-likeness (QED) is 0.784. The van der Waals surface area contributed by atoms with Crippen LogP contribution < -0.4 is 15.0 Å². The van der Waals surface area contributed by atoms with Gasteiger partial charge >= 0.3 is 0 Å². The second-order valence-electron chi connectivity index (χ2n) is 6.35. The van der Waals surface area contributed by atoms with Gasteiger partial charge in [0.05, 0.1) is 26.2 Å². The lowest BCUT2D eigenvalue weighted by Gasteiger charge is -2.30. The lowest BCUT2D eigenvalue weighted by atomic mass is 10.0. The van der Waals surface area contributed by atoms with Gasteiger partial charge in [-0.3, -0.25) is 4.79 Å². The van der Waals surface area contributed by atoms with Crippen molar-refractivity contribution < 1.29 is 14.4 Å². The summed E-state index contributed by atoms with van der Waals surface area (Å²) in [5.74, 6) is 0.749. The predicted molar refractivity (Wildman–Crippen MR) is 88.7 cm³/mol. The number of piperidine rings is 1.